The van der Waals surface area contributed by atoms with Gasteiger partial charge in [0.15, 0.2) is 5.78 Å². The van der Waals surface area contributed by atoms with Crippen molar-refractivity contribution in [2.24, 2.45) is 0 Å². The van der Waals surface area contributed by atoms with E-state index in [-0.39, 0.29) is 5.78 Å². The third kappa shape index (κ3) is 4.30. The monoisotopic (exact) mass is 462 g/mol. The minimum atomic E-state index is 0.133. The Labute approximate surface area is 206 Å². The van der Waals surface area contributed by atoms with Gasteiger partial charge in [0.1, 0.15) is 0 Å². The van der Waals surface area contributed by atoms with Gasteiger partial charge in [0.25, 0.3) is 0 Å². The van der Waals surface area contributed by atoms with Crippen molar-refractivity contribution in [3.63, 3.8) is 0 Å². The molecule has 176 valence electrons. The van der Waals surface area contributed by atoms with Crippen LogP contribution in [0.2, 0.25) is 0 Å². The van der Waals surface area contributed by atoms with Crippen LogP contribution < -0.4 is 0 Å². The number of carbonyl (C=O) groups is 1. The van der Waals surface area contributed by atoms with Gasteiger partial charge in [0, 0.05) is 33.7 Å². The third-order valence-electron chi connectivity index (χ3n) is 6.81. The van der Waals surface area contributed by atoms with Crippen molar-refractivity contribution in [3.05, 3.63) is 106 Å². The summed E-state index contributed by atoms with van der Waals surface area (Å²) >= 11 is 0. The molecule has 5 rings (SSSR count). The van der Waals surface area contributed by atoms with Crippen LogP contribution in [0.5, 0.6) is 0 Å². The van der Waals surface area contributed by atoms with Gasteiger partial charge in [-0.05, 0) is 83.4 Å². The van der Waals surface area contributed by atoms with Crippen LogP contribution in [0, 0.1) is 27.7 Å². The predicted molar refractivity (Wildman–Crippen MR) is 141 cm³/mol. The van der Waals surface area contributed by atoms with Crippen LogP contribution in [0.15, 0.2) is 71.8 Å². The van der Waals surface area contributed by atoms with E-state index in [1.807, 2.05) is 83.9 Å². The van der Waals surface area contributed by atoms with Crippen molar-refractivity contribution in [3.8, 4) is 11.4 Å². The molecule has 0 N–H and O–H groups in total. The summed E-state index contributed by atoms with van der Waals surface area (Å²) in [5.74, 6) is 0.133. The first-order valence-electron chi connectivity index (χ1n) is 12.1. The number of rotatable bonds is 4. The minimum absolute atomic E-state index is 0.133. The molecule has 5 heteroatoms. The van der Waals surface area contributed by atoms with Gasteiger partial charge in [0.2, 0.25) is 0 Å². The highest BCUT2D eigenvalue weighted by molar-refractivity contribution is 6.14. The summed E-state index contributed by atoms with van der Waals surface area (Å²) in [6.07, 6.45) is 6.64. The van der Waals surface area contributed by atoms with Crippen molar-refractivity contribution >= 4 is 17.9 Å². The Balaban J connectivity index is 1.49. The Hall–Kier alpha value is -3.99. The molecule has 0 amide bonds. The SMILES string of the molecule is Cc1nn(-c2ccccc2)c(C)c1C=C1CCCC(=Cc2c(C)nn(-c3ccccc3)c2C)C1=O. The van der Waals surface area contributed by atoms with Crippen LogP contribution >= 0.6 is 0 Å². The van der Waals surface area contributed by atoms with Gasteiger partial charge >= 0.3 is 0 Å². The lowest BCUT2D eigenvalue weighted by Gasteiger charge is -2.17. The molecule has 5 nitrogen and oxygen atoms in total. The van der Waals surface area contributed by atoms with Gasteiger partial charge in [-0.15, -0.1) is 0 Å². The number of nitrogens with zero attached hydrogens (tertiary/aromatic N) is 4. The fourth-order valence-electron chi connectivity index (χ4n) is 4.89. The first-order valence-corrected chi connectivity index (χ1v) is 12.1. The molecule has 1 aliphatic rings. The van der Waals surface area contributed by atoms with E-state index in [1.165, 1.54) is 0 Å². The summed E-state index contributed by atoms with van der Waals surface area (Å²) in [6, 6.07) is 20.2. The molecule has 4 aromatic rings. The maximum Gasteiger partial charge on any atom is 0.185 e. The zero-order valence-corrected chi connectivity index (χ0v) is 20.7. The Kier molecular flexibility index (Phi) is 6.08. The molecule has 1 aliphatic carbocycles. The lowest BCUT2D eigenvalue weighted by atomic mass is 9.86. The van der Waals surface area contributed by atoms with Crippen molar-refractivity contribution < 1.29 is 4.79 Å². The van der Waals surface area contributed by atoms with E-state index in [1.54, 1.807) is 0 Å². The van der Waals surface area contributed by atoms with Crippen LogP contribution in [0.3, 0.4) is 0 Å². The predicted octanol–water partition coefficient (Wildman–Crippen LogP) is 6.51. The van der Waals surface area contributed by atoms with E-state index in [9.17, 15) is 4.79 Å². The molecule has 0 unspecified atom stereocenters. The molecule has 2 heterocycles. The Bertz CT molecular complexity index is 1340. The molecule has 0 saturated heterocycles. The molecule has 0 spiro atoms. The van der Waals surface area contributed by atoms with Gasteiger partial charge in [-0.1, -0.05) is 36.4 Å². The smallest absolute Gasteiger partial charge is 0.185 e. The summed E-state index contributed by atoms with van der Waals surface area (Å²) in [4.78, 5) is 13.5. The highest BCUT2D eigenvalue weighted by atomic mass is 16.1. The number of hydrogen-bond donors (Lipinski definition) is 0. The number of aromatic nitrogens is 4. The first-order chi connectivity index (χ1) is 16.9. The Morgan fingerprint density at radius 2 is 1.06 bits per heavy atom. The maximum atomic E-state index is 13.5. The normalized spacial score (nSPS) is 16.4. The van der Waals surface area contributed by atoms with Crippen LogP contribution in [0.4, 0.5) is 0 Å². The second kappa shape index (κ2) is 9.34. The summed E-state index contributed by atoms with van der Waals surface area (Å²) in [7, 11) is 0. The molecular formula is C30H30N4O. The largest absolute Gasteiger partial charge is 0.289 e. The van der Waals surface area contributed by atoms with Gasteiger partial charge in [-0.3, -0.25) is 4.79 Å². The number of carbonyl (C=O) groups excluding carboxylic acids is 1. The quantitative estimate of drug-likeness (QED) is 0.325. The topological polar surface area (TPSA) is 52.7 Å². The van der Waals surface area contributed by atoms with Crippen molar-refractivity contribution in [2.75, 3.05) is 0 Å². The molecule has 0 bridgehead atoms. The average Bonchev–Trinajstić information content (AvgIpc) is 3.32. The average molecular weight is 463 g/mol. The van der Waals surface area contributed by atoms with Crippen molar-refractivity contribution in [2.45, 2.75) is 47.0 Å². The third-order valence-corrected chi connectivity index (χ3v) is 6.81. The fourth-order valence-corrected chi connectivity index (χ4v) is 4.89. The van der Waals surface area contributed by atoms with E-state index in [2.05, 4.69) is 26.0 Å². The molecule has 2 aromatic carbocycles. The lowest BCUT2D eigenvalue weighted by molar-refractivity contribution is -0.112. The number of ketones is 1. The van der Waals surface area contributed by atoms with Crippen LogP contribution in [-0.2, 0) is 4.79 Å². The summed E-state index contributed by atoms with van der Waals surface area (Å²) in [6.45, 7) is 8.14. The van der Waals surface area contributed by atoms with E-state index >= 15 is 0 Å². The Morgan fingerprint density at radius 1 is 0.657 bits per heavy atom. The first kappa shape index (κ1) is 22.8. The molecule has 0 radical (unpaired) electrons. The van der Waals surface area contributed by atoms with Gasteiger partial charge in [-0.2, -0.15) is 10.2 Å². The Morgan fingerprint density at radius 3 is 1.46 bits per heavy atom. The number of para-hydroxylation sites is 2. The zero-order valence-electron chi connectivity index (χ0n) is 20.7. The number of allylic oxidation sites excluding steroid dienone is 2. The number of Topliss-reactive ketones (excluding diaryl/α,β-unsaturated/α-hetero) is 1. The van der Waals surface area contributed by atoms with E-state index < -0.39 is 0 Å². The number of hydrogen-bond acceptors (Lipinski definition) is 3. The molecule has 0 aliphatic heterocycles. The highest BCUT2D eigenvalue weighted by Gasteiger charge is 2.23. The van der Waals surface area contributed by atoms with Crippen LogP contribution in [0.25, 0.3) is 23.5 Å². The maximum absolute atomic E-state index is 13.5. The molecular weight excluding hydrogens is 432 g/mol. The van der Waals surface area contributed by atoms with Gasteiger partial charge < -0.3 is 0 Å². The lowest BCUT2D eigenvalue weighted by Crippen LogP contribution is -2.12. The molecule has 2 aromatic heterocycles. The minimum Gasteiger partial charge on any atom is -0.289 e. The molecule has 0 atom stereocenters. The van der Waals surface area contributed by atoms with Crippen molar-refractivity contribution in [1.29, 1.82) is 0 Å². The number of benzene rings is 2. The molecule has 35 heavy (non-hydrogen) atoms. The number of aryl methyl sites for hydroxylation is 2. The van der Waals surface area contributed by atoms with E-state index in [4.69, 9.17) is 10.2 Å². The van der Waals surface area contributed by atoms with Crippen LogP contribution in [-0.4, -0.2) is 25.3 Å². The summed E-state index contributed by atoms with van der Waals surface area (Å²) in [5, 5.41) is 9.50. The van der Waals surface area contributed by atoms with E-state index in [0.29, 0.717) is 0 Å². The van der Waals surface area contributed by atoms with E-state index in [0.717, 1.165) is 75.7 Å². The highest BCUT2D eigenvalue weighted by Crippen LogP contribution is 2.31. The zero-order chi connectivity index (χ0) is 24.5. The summed E-state index contributed by atoms with van der Waals surface area (Å²) < 4.78 is 3.91. The van der Waals surface area contributed by atoms with Crippen molar-refractivity contribution in [1.82, 2.24) is 19.6 Å². The van der Waals surface area contributed by atoms with Gasteiger partial charge in [0.05, 0.1) is 22.8 Å². The molecule has 1 saturated carbocycles. The standard InChI is InChI=1S/C30H30N4O/c1-20-28(22(3)33(31-20)26-14-7-5-8-15-26)18-24-12-11-13-25(30(24)35)19-29-21(2)32-34(23(29)4)27-16-9-6-10-17-27/h5-10,14-19H,11-13H2,1-4H3. The second-order valence-electron chi connectivity index (χ2n) is 9.19. The fraction of sp³-hybridized carbons (Fsp3) is 0.233. The second-order valence-corrected chi connectivity index (χ2v) is 9.19. The summed E-state index contributed by atoms with van der Waals surface area (Å²) in [5.41, 5.74) is 9.76. The van der Waals surface area contributed by atoms with Gasteiger partial charge in [-0.25, -0.2) is 9.36 Å². The van der Waals surface area contributed by atoms with Crippen LogP contribution in [0.1, 0.15) is 53.2 Å². The molecule has 1 fully saturated rings.